The van der Waals surface area contributed by atoms with Gasteiger partial charge >= 0.3 is 5.97 Å². The van der Waals surface area contributed by atoms with Crippen molar-refractivity contribution in [2.24, 2.45) is 0 Å². The number of nitrogens with zero attached hydrogens (tertiary/aromatic N) is 1. The molecule has 1 amide bonds. The van der Waals surface area contributed by atoms with E-state index < -0.39 is 17.9 Å². The Hall–Kier alpha value is -3.88. The average molecular weight is 545 g/mol. The van der Waals surface area contributed by atoms with Crippen molar-refractivity contribution in [3.63, 3.8) is 0 Å². The molecule has 0 saturated heterocycles. The molecule has 2 unspecified atom stereocenters. The minimum Gasteiger partial charge on any atom is -0.480 e. The number of amides is 1. The summed E-state index contributed by atoms with van der Waals surface area (Å²) >= 11 is 1.54. The molecule has 0 aliphatic heterocycles. The molecule has 4 rings (SSSR count). The number of hydrogen-bond donors (Lipinski definition) is 2. The number of carbonyl (C=O) groups is 2. The molecule has 0 aliphatic carbocycles. The molecule has 4 aromatic rings. The first kappa shape index (κ1) is 28.1. The Kier molecular flexibility index (Phi) is 9.57. The van der Waals surface area contributed by atoms with Crippen LogP contribution in [0.3, 0.4) is 0 Å². The zero-order valence-corrected chi connectivity index (χ0v) is 23.0. The largest absolute Gasteiger partial charge is 0.480 e. The third-order valence-electron chi connectivity index (χ3n) is 6.42. The van der Waals surface area contributed by atoms with Gasteiger partial charge in [0.15, 0.2) is 5.76 Å². The Labute approximate surface area is 232 Å². The number of aromatic nitrogens is 1. The average Bonchev–Trinajstić information content (AvgIpc) is 3.45. The van der Waals surface area contributed by atoms with E-state index in [0.717, 1.165) is 27.8 Å². The van der Waals surface area contributed by atoms with E-state index >= 15 is 0 Å². The van der Waals surface area contributed by atoms with E-state index in [1.54, 1.807) is 24.0 Å². The summed E-state index contributed by atoms with van der Waals surface area (Å²) in [4.78, 5) is 29.4. The number of carbonyl (C=O) groups excluding carboxylic acids is 1. The molecule has 7 nitrogen and oxygen atoms in total. The van der Waals surface area contributed by atoms with Gasteiger partial charge < -0.3 is 19.6 Å². The van der Waals surface area contributed by atoms with Gasteiger partial charge in [0.1, 0.15) is 12.1 Å². The van der Waals surface area contributed by atoms with Gasteiger partial charge in [-0.25, -0.2) is 9.78 Å². The van der Waals surface area contributed by atoms with Crippen LogP contribution in [0.25, 0.3) is 22.6 Å². The summed E-state index contributed by atoms with van der Waals surface area (Å²) in [7, 11) is 0. The highest BCUT2D eigenvalue weighted by molar-refractivity contribution is 7.98. The van der Waals surface area contributed by atoms with E-state index in [2.05, 4.69) is 10.3 Å². The molecule has 39 heavy (non-hydrogen) atoms. The number of ether oxygens (including phenoxy) is 1. The van der Waals surface area contributed by atoms with Gasteiger partial charge in [0.25, 0.3) is 5.91 Å². The zero-order chi connectivity index (χ0) is 27.8. The van der Waals surface area contributed by atoms with E-state index in [9.17, 15) is 14.7 Å². The number of aliphatic carboxylic acids is 1. The zero-order valence-electron chi connectivity index (χ0n) is 22.2. The number of thioether (sulfide) groups is 1. The standard InChI is InChI=1S/C31H32N2O5S/c1-20-9-7-8-12-24(20)26-17-22(13-14-25(26)29(34)33-27(31(35)36)15-16-39-3)19-37-21(2)28-18-32-30(38-28)23-10-5-4-6-11-23/h4-14,17-18,21,27H,15-16,19H2,1-3H3,(H,33,34)(H,35,36). The number of benzene rings is 3. The highest BCUT2D eigenvalue weighted by Crippen LogP contribution is 2.30. The molecule has 2 atom stereocenters. The van der Waals surface area contributed by atoms with E-state index in [4.69, 9.17) is 9.15 Å². The van der Waals surface area contributed by atoms with Crippen molar-refractivity contribution in [3.05, 3.63) is 101 Å². The summed E-state index contributed by atoms with van der Waals surface area (Å²) < 4.78 is 12.0. The highest BCUT2D eigenvalue weighted by Gasteiger charge is 2.23. The lowest BCUT2D eigenvalue weighted by molar-refractivity contribution is -0.139. The SMILES string of the molecule is CSCCC(NC(=O)c1ccc(COC(C)c2cnc(-c3ccccc3)o2)cc1-c1ccccc1C)C(=O)O. The quantitative estimate of drug-likeness (QED) is 0.209. The fourth-order valence-electron chi connectivity index (χ4n) is 4.20. The first-order valence-corrected chi connectivity index (χ1v) is 14.1. The number of rotatable bonds is 12. The monoisotopic (exact) mass is 544 g/mol. The second-order valence-corrected chi connectivity index (χ2v) is 10.2. The van der Waals surface area contributed by atoms with Crippen LogP contribution in [0.15, 0.2) is 83.4 Å². The van der Waals surface area contributed by atoms with Crippen LogP contribution in [-0.2, 0) is 16.1 Å². The molecule has 202 valence electrons. The van der Waals surface area contributed by atoms with Gasteiger partial charge in [-0.1, -0.05) is 48.5 Å². The molecule has 2 N–H and O–H groups in total. The lowest BCUT2D eigenvalue weighted by Crippen LogP contribution is -2.41. The van der Waals surface area contributed by atoms with Gasteiger partial charge in [-0.3, -0.25) is 4.79 Å². The number of carboxylic acid groups (broad SMARTS) is 1. The molecule has 0 saturated carbocycles. The van der Waals surface area contributed by atoms with Crippen molar-refractivity contribution in [2.75, 3.05) is 12.0 Å². The summed E-state index contributed by atoms with van der Waals surface area (Å²) in [6.07, 6.45) is 3.59. The molecule has 0 radical (unpaired) electrons. The normalized spacial score (nSPS) is 12.6. The molecule has 1 aromatic heterocycles. The van der Waals surface area contributed by atoms with Crippen LogP contribution in [0, 0.1) is 6.92 Å². The van der Waals surface area contributed by atoms with Crippen LogP contribution in [-0.4, -0.2) is 40.0 Å². The molecular formula is C31H32N2O5S. The molecule has 0 fully saturated rings. The molecule has 0 bridgehead atoms. The second-order valence-electron chi connectivity index (χ2n) is 9.23. The Morgan fingerprint density at radius 1 is 1.05 bits per heavy atom. The molecule has 0 spiro atoms. The summed E-state index contributed by atoms with van der Waals surface area (Å²) in [5.41, 5.74) is 4.81. The van der Waals surface area contributed by atoms with E-state index in [1.807, 2.05) is 86.8 Å². The lowest BCUT2D eigenvalue weighted by atomic mass is 9.93. The number of hydrogen-bond acceptors (Lipinski definition) is 6. The predicted octanol–water partition coefficient (Wildman–Crippen LogP) is 6.53. The van der Waals surface area contributed by atoms with Crippen molar-refractivity contribution in [1.82, 2.24) is 10.3 Å². The summed E-state index contributed by atoms with van der Waals surface area (Å²) in [6.45, 7) is 4.17. The maximum atomic E-state index is 13.3. The van der Waals surface area contributed by atoms with E-state index in [0.29, 0.717) is 29.4 Å². The Bertz CT molecular complexity index is 1420. The fraction of sp³-hybridized carbons (Fsp3) is 0.258. The van der Waals surface area contributed by atoms with Gasteiger partial charge in [0.05, 0.1) is 12.8 Å². The minimum atomic E-state index is -1.04. The number of oxazole rings is 1. The van der Waals surface area contributed by atoms with Gasteiger partial charge in [0.2, 0.25) is 5.89 Å². The van der Waals surface area contributed by atoms with Crippen LogP contribution < -0.4 is 5.32 Å². The molecular weight excluding hydrogens is 512 g/mol. The van der Waals surface area contributed by atoms with Gasteiger partial charge in [-0.05, 0) is 78.8 Å². The third kappa shape index (κ3) is 7.16. The molecule has 1 heterocycles. The number of carboxylic acids is 1. The minimum absolute atomic E-state index is 0.286. The summed E-state index contributed by atoms with van der Waals surface area (Å²) in [6, 6.07) is 22.0. The van der Waals surface area contributed by atoms with Crippen LogP contribution in [0.4, 0.5) is 0 Å². The van der Waals surface area contributed by atoms with E-state index in [-0.39, 0.29) is 12.7 Å². The lowest BCUT2D eigenvalue weighted by Gasteiger charge is -2.18. The van der Waals surface area contributed by atoms with E-state index in [1.165, 1.54) is 0 Å². The van der Waals surface area contributed by atoms with Crippen molar-refractivity contribution < 1.29 is 23.8 Å². The van der Waals surface area contributed by atoms with Crippen molar-refractivity contribution >= 4 is 23.6 Å². The second kappa shape index (κ2) is 13.3. The molecule has 8 heteroatoms. The Morgan fingerprint density at radius 2 is 1.79 bits per heavy atom. The van der Waals surface area contributed by atoms with Gasteiger partial charge in [0, 0.05) is 11.1 Å². The molecule has 0 aliphatic rings. The summed E-state index contributed by atoms with van der Waals surface area (Å²) in [5, 5.41) is 12.3. The van der Waals surface area contributed by atoms with Crippen LogP contribution in [0.1, 0.15) is 46.7 Å². The molecule has 3 aromatic carbocycles. The smallest absolute Gasteiger partial charge is 0.326 e. The van der Waals surface area contributed by atoms with Crippen molar-refractivity contribution in [3.8, 4) is 22.6 Å². The Balaban J connectivity index is 1.54. The first-order valence-electron chi connectivity index (χ1n) is 12.7. The van der Waals surface area contributed by atoms with Crippen LogP contribution in [0.5, 0.6) is 0 Å². The van der Waals surface area contributed by atoms with Gasteiger partial charge in [-0.15, -0.1) is 0 Å². The van der Waals surface area contributed by atoms with Gasteiger partial charge in [-0.2, -0.15) is 11.8 Å². The number of aryl methyl sites for hydroxylation is 1. The topological polar surface area (TPSA) is 102 Å². The third-order valence-corrected chi connectivity index (χ3v) is 7.07. The van der Waals surface area contributed by atoms with Crippen molar-refractivity contribution in [1.29, 1.82) is 0 Å². The Morgan fingerprint density at radius 3 is 2.51 bits per heavy atom. The number of nitrogens with one attached hydrogen (secondary N) is 1. The first-order chi connectivity index (χ1) is 18.9. The summed E-state index contributed by atoms with van der Waals surface area (Å²) in [5.74, 6) is 0.327. The highest BCUT2D eigenvalue weighted by atomic mass is 32.2. The maximum Gasteiger partial charge on any atom is 0.326 e. The fourth-order valence-corrected chi connectivity index (χ4v) is 4.67. The predicted molar refractivity (Wildman–Crippen MR) is 154 cm³/mol. The van der Waals surface area contributed by atoms with Crippen LogP contribution >= 0.6 is 11.8 Å². The van der Waals surface area contributed by atoms with Crippen LogP contribution in [0.2, 0.25) is 0 Å². The van der Waals surface area contributed by atoms with Crippen molar-refractivity contribution in [2.45, 2.75) is 39.0 Å². The maximum absolute atomic E-state index is 13.3.